The molecule has 0 radical (unpaired) electrons. The van der Waals surface area contributed by atoms with Crippen LogP contribution in [-0.4, -0.2) is 25.5 Å². The van der Waals surface area contributed by atoms with Gasteiger partial charge in [-0.2, -0.15) is 10.2 Å². The Balaban J connectivity index is 2.16. The summed E-state index contributed by atoms with van der Waals surface area (Å²) in [5.41, 5.74) is 1.57. The molecule has 0 aliphatic carbocycles. The fourth-order valence-electron chi connectivity index (χ4n) is 1.98. The van der Waals surface area contributed by atoms with Gasteiger partial charge in [0.05, 0.1) is 21.5 Å². The summed E-state index contributed by atoms with van der Waals surface area (Å²) in [5.74, 6) is -0.124. The second kappa shape index (κ2) is 5.72. The fourth-order valence-corrected chi connectivity index (χ4v) is 2.70. The van der Waals surface area contributed by atoms with Crippen LogP contribution in [0.3, 0.4) is 0 Å². The van der Waals surface area contributed by atoms with Gasteiger partial charge in [-0.3, -0.25) is 14.2 Å². The van der Waals surface area contributed by atoms with Gasteiger partial charge >= 0.3 is 0 Å². The van der Waals surface area contributed by atoms with E-state index in [0.29, 0.717) is 5.69 Å². The summed E-state index contributed by atoms with van der Waals surface area (Å²) in [7, 11) is 1.76. The molecule has 0 aromatic carbocycles. The van der Waals surface area contributed by atoms with Crippen LogP contribution in [0.2, 0.25) is 0 Å². The van der Waals surface area contributed by atoms with Crippen molar-refractivity contribution in [2.75, 3.05) is 0 Å². The monoisotopic (exact) mass is 373 g/mol. The third-order valence-electron chi connectivity index (χ3n) is 2.95. The molecule has 6 nitrogen and oxygen atoms in total. The molecule has 0 aliphatic heterocycles. The molecule has 0 saturated carbocycles. The minimum absolute atomic E-state index is 0.0966. The van der Waals surface area contributed by atoms with Gasteiger partial charge in [0.15, 0.2) is 0 Å². The molecule has 1 unspecified atom stereocenters. The molecular weight excluding hydrogens is 357 g/mol. The third-order valence-corrected chi connectivity index (χ3v) is 3.74. The summed E-state index contributed by atoms with van der Waals surface area (Å²) in [5, 5.41) is 11.3. The Labute approximate surface area is 125 Å². The van der Waals surface area contributed by atoms with Crippen LogP contribution in [0.15, 0.2) is 18.5 Å². The highest BCUT2D eigenvalue weighted by Gasteiger charge is 2.19. The standard InChI is InChI=1S/C12H16IN5O/c1-4-18-10(5-6-14-18)8(2)16-12(19)11-9(13)7-15-17(11)3/h5-8H,4H2,1-3H3,(H,16,19). The van der Waals surface area contributed by atoms with E-state index in [9.17, 15) is 4.79 Å². The summed E-state index contributed by atoms with van der Waals surface area (Å²) in [6.45, 7) is 4.76. The number of nitrogens with one attached hydrogen (secondary N) is 1. The van der Waals surface area contributed by atoms with E-state index in [1.807, 2.05) is 24.6 Å². The van der Waals surface area contributed by atoms with Crippen LogP contribution in [-0.2, 0) is 13.6 Å². The lowest BCUT2D eigenvalue weighted by Crippen LogP contribution is -2.30. The van der Waals surface area contributed by atoms with Gasteiger partial charge in [-0.25, -0.2) is 0 Å². The predicted octanol–water partition coefficient (Wildman–Crippen LogP) is 1.73. The van der Waals surface area contributed by atoms with Crippen LogP contribution >= 0.6 is 22.6 Å². The van der Waals surface area contributed by atoms with Crippen LogP contribution in [0.5, 0.6) is 0 Å². The van der Waals surface area contributed by atoms with Gasteiger partial charge in [-0.15, -0.1) is 0 Å². The van der Waals surface area contributed by atoms with Crippen LogP contribution in [0.25, 0.3) is 0 Å². The molecule has 19 heavy (non-hydrogen) atoms. The SMILES string of the molecule is CCn1nccc1C(C)NC(=O)c1c(I)cnn1C. The molecule has 0 bridgehead atoms. The molecule has 1 atom stereocenters. The lowest BCUT2D eigenvalue weighted by molar-refractivity contribution is 0.0928. The van der Waals surface area contributed by atoms with Crippen molar-refractivity contribution in [2.45, 2.75) is 26.4 Å². The van der Waals surface area contributed by atoms with Gasteiger partial charge in [0, 0.05) is 19.8 Å². The van der Waals surface area contributed by atoms with E-state index in [4.69, 9.17) is 0 Å². The molecule has 0 saturated heterocycles. The van der Waals surface area contributed by atoms with E-state index >= 15 is 0 Å². The second-order valence-electron chi connectivity index (χ2n) is 4.23. The predicted molar refractivity (Wildman–Crippen MR) is 79.7 cm³/mol. The van der Waals surface area contributed by atoms with Gasteiger partial charge in [0.2, 0.25) is 0 Å². The van der Waals surface area contributed by atoms with Crippen molar-refractivity contribution < 1.29 is 4.79 Å². The quantitative estimate of drug-likeness (QED) is 0.831. The summed E-state index contributed by atoms with van der Waals surface area (Å²) in [4.78, 5) is 12.2. The highest BCUT2D eigenvalue weighted by atomic mass is 127. The summed E-state index contributed by atoms with van der Waals surface area (Å²) < 4.78 is 4.30. The van der Waals surface area contributed by atoms with Crippen molar-refractivity contribution in [1.82, 2.24) is 24.9 Å². The number of aromatic nitrogens is 4. The van der Waals surface area contributed by atoms with Crippen LogP contribution < -0.4 is 5.32 Å². The number of rotatable bonds is 4. The second-order valence-corrected chi connectivity index (χ2v) is 5.39. The van der Waals surface area contributed by atoms with E-state index in [1.54, 1.807) is 24.1 Å². The first-order valence-corrected chi connectivity index (χ1v) is 7.12. The Morgan fingerprint density at radius 3 is 2.84 bits per heavy atom. The van der Waals surface area contributed by atoms with Crippen LogP contribution in [0.4, 0.5) is 0 Å². The lowest BCUT2D eigenvalue weighted by atomic mass is 10.2. The Kier molecular flexibility index (Phi) is 4.23. The third kappa shape index (κ3) is 2.80. The number of carbonyl (C=O) groups is 1. The molecule has 0 aliphatic rings. The first-order chi connectivity index (χ1) is 9.04. The number of carbonyl (C=O) groups excluding carboxylic acids is 1. The van der Waals surface area contributed by atoms with Crippen LogP contribution in [0.1, 0.15) is 36.1 Å². The molecule has 0 spiro atoms. The first kappa shape index (κ1) is 14.0. The zero-order valence-electron chi connectivity index (χ0n) is 11.1. The average Bonchev–Trinajstić information content (AvgIpc) is 2.95. The number of amides is 1. The number of hydrogen-bond acceptors (Lipinski definition) is 3. The lowest BCUT2D eigenvalue weighted by Gasteiger charge is -2.15. The number of hydrogen-bond donors (Lipinski definition) is 1. The number of aryl methyl sites for hydroxylation is 2. The molecule has 1 N–H and O–H groups in total. The minimum Gasteiger partial charge on any atom is -0.343 e. The van der Waals surface area contributed by atoms with Gasteiger partial charge in [0.1, 0.15) is 5.69 Å². The maximum absolute atomic E-state index is 12.2. The van der Waals surface area contributed by atoms with Gasteiger partial charge in [-0.05, 0) is 42.5 Å². The van der Waals surface area contributed by atoms with Crippen molar-refractivity contribution in [3.63, 3.8) is 0 Å². The normalized spacial score (nSPS) is 12.4. The van der Waals surface area contributed by atoms with Crippen LogP contribution in [0, 0.1) is 3.57 Å². The van der Waals surface area contributed by atoms with E-state index in [-0.39, 0.29) is 11.9 Å². The number of nitrogens with zero attached hydrogens (tertiary/aromatic N) is 4. The molecule has 0 fully saturated rings. The summed E-state index contributed by atoms with van der Waals surface area (Å²) in [6.07, 6.45) is 3.42. The van der Waals surface area contributed by atoms with E-state index in [2.05, 4.69) is 38.1 Å². The first-order valence-electron chi connectivity index (χ1n) is 6.04. The van der Waals surface area contributed by atoms with Crippen molar-refractivity contribution in [1.29, 1.82) is 0 Å². The molecular formula is C12H16IN5O. The zero-order valence-corrected chi connectivity index (χ0v) is 13.2. The molecule has 2 rings (SSSR count). The molecule has 2 aromatic heterocycles. The molecule has 2 heterocycles. The van der Waals surface area contributed by atoms with E-state index in [0.717, 1.165) is 15.8 Å². The van der Waals surface area contributed by atoms with Gasteiger partial charge in [-0.1, -0.05) is 0 Å². The highest BCUT2D eigenvalue weighted by Crippen LogP contribution is 2.15. The smallest absolute Gasteiger partial charge is 0.271 e. The van der Waals surface area contributed by atoms with Gasteiger partial charge < -0.3 is 5.32 Å². The zero-order chi connectivity index (χ0) is 14.0. The topological polar surface area (TPSA) is 64.7 Å². The summed E-state index contributed by atoms with van der Waals surface area (Å²) in [6, 6.07) is 1.82. The molecule has 2 aromatic rings. The van der Waals surface area contributed by atoms with Crippen molar-refractivity contribution in [3.05, 3.63) is 33.4 Å². The largest absolute Gasteiger partial charge is 0.343 e. The molecule has 7 heteroatoms. The minimum atomic E-state index is -0.124. The van der Waals surface area contributed by atoms with Crippen molar-refractivity contribution in [3.8, 4) is 0 Å². The van der Waals surface area contributed by atoms with Gasteiger partial charge in [0.25, 0.3) is 5.91 Å². The fraction of sp³-hybridized carbons (Fsp3) is 0.417. The van der Waals surface area contributed by atoms with E-state index in [1.165, 1.54) is 0 Å². The Hall–Kier alpha value is -1.38. The van der Waals surface area contributed by atoms with Crippen molar-refractivity contribution in [2.24, 2.45) is 7.05 Å². The molecule has 1 amide bonds. The molecule has 102 valence electrons. The summed E-state index contributed by atoms with van der Waals surface area (Å²) >= 11 is 2.11. The van der Waals surface area contributed by atoms with Crippen molar-refractivity contribution >= 4 is 28.5 Å². The Morgan fingerprint density at radius 2 is 2.26 bits per heavy atom. The maximum atomic E-state index is 12.2. The number of halogens is 1. The maximum Gasteiger partial charge on any atom is 0.271 e. The average molecular weight is 373 g/mol. The van der Waals surface area contributed by atoms with E-state index < -0.39 is 0 Å². The Bertz CT molecular complexity index is 569. The Morgan fingerprint density at radius 1 is 1.53 bits per heavy atom. The highest BCUT2D eigenvalue weighted by molar-refractivity contribution is 14.1.